The summed E-state index contributed by atoms with van der Waals surface area (Å²) >= 11 is 5.87. The van der Waals surface area contributed by atoms with Gasteiger partial charge in [0.25, 0.3) is 0 Å². The van der Waals surface area contributed by atoms with E-state index in [1.807, 2.05) is 13.0 Å². The van der Waals surface area contributed by atoms with E-state index in [1.54, 1.807) is 12.1 Å². The second kappa shape index (κ2) is 7.62. The predicted octanol–water partition coefficient (Wildman–Crippen LogP) is 3.20. The van der Waals surface area contributed by atoms with Crippen molar-refractivity contribution in [3.05, 3.63) is 28.8 Å². The van der Waals surface area contributed by atoms with Gasteiger partial charge in [-0.05, 0) is 30.5 Å². The van der Waals surface area contributed by atoms with Crippen LogP contribution in [-0.2, 0) is 11.3 Å². The number of benzene rings is 1. The first-order valence-corrected chi connectivity index (χ1v) is 6.71. The van der Waals surface area contributed by atoms with Gasteiger partial charge in [0.15, 0.2) is 0 Å². The van der Waals surface area contributed by atoms with Crippen LogP contribution in [0.4, 0.5) is 0 Å². The van der Waals surface area contributed by atoms with Gasteiger partial charge < -0.3 is 15.2 Å². The molecule has 0 bridgehead atoms. The van der Waals surface area contributed by atoms with Crippen molar-refractivity contribution in [2.75, 3.05) is 13.2 Å². The van der Waals surface area contributed by atoms with Gasteiger partial charge in [0, 0.05) is 19.2 Å². The summed E-state index contributed by atoms with van der Waals surface area (Å²) < 4.78 is 5.46. The molecular formula is C14H22ClNO2. The van der Waals surface area contributed by atoms with Crippen molar-refractivity contribution in [3.8, 4) is 5.75 Å². The number of aromatic hydroxyl groups is 1. The second-order valence-electron chi connectivity index (χ2n) is 4.68. The highest BCUT2D eigenvalue weighted by atomic mass is 35.5. The van der Waals surface area contributed by atoms with Gasteiger partial charge >= 0.3 is 0 Å². The molecule has 0 saturated carbocycles. The van der Waals surface area contributed by atoms with E-state index in [1.165, 1.54) is 0 Å². The van der Waals surface area contributed by atoms with Crippen LogP contribution in [0.5, 0.6) is 5.75 Å². The first kappa shape index (κ1) is 15.3. The van der Waals surface area contributed by atoms with Crippen LogP contribution in [0.15, 0.2) is 18.2 Å². The Morgan fingerprint density at radius 1 is 1.39 bits per heavy atom. The lowest BCUT2D eigenvalue weighted by Gasteiger charge is -2.22. The highest BCUT2D eigenvalue weighted by molar-refractivity contribution is 6.32. The van der Waals surface area contributed by atoms with Gasteiger partial charge in [-0.2, -0.15) is 0 Å². The van der Waals surface area contributed by atoms with Crippen LogP contribution in [0, 0.1) is 5.92 Å². The summed E-state index contributed by atoms with van der Waals surface area (Å²) in [6, 6.07) is 5.58. The number of ether oxygens (including phenoxy) is 1. The predicted molar refractivity (Wildman–Crippen MR) is 75.1 cm³/mol. The quantitative estimate of drug-likeness (QED) is 0.800. The van der Waals surface area contributed by atoms with Crippen LogP contribution in [0.2, 0.25) is 5.02 Å². The van der Waals surface area contributed by atoms with Crippen molar-refractivity contribution < 1.29 is 9.84 Å². The Hall–Kier alpha value is -0.770. The topological polar surface area (TPSA) is 41.5 Å². The molecule has 18 heavy (non-hydrogen) atoms. The Labute approximate surface area is 114 Å². The molecule has 0 spiro atoms. The zero-order valence-corrected chi connectivity index (χ0v) is 12.0. The van der Waals surface area contributed by atoms with E-state index in [9.17, 15) is 5.11 Å². The lowest BCUT2D eigenvalue weighted by molar-refractivity contribution is 0.108. The summed E-state index contributed by atoms with van der Waals surface area (Å²) in [6.07, 6.45) is 0. The molecule has 2 N–H and O–H groups in total. The van der Waals surface area contributed by atoms with E-state index >= 15 is 0 Å². The minimum atomic E-state index is 0.121. The Bertz CT molecular complexity index is 369. The lowest BCUT2D eigenvalue weighted by Crippen LogP contribution is -2.37. The second-order valence-corrected chi connectivity index (χ2v) is 5.08. The molecule has 1 unspecified atom stereocenters. The summed E-state index contributed by atoms with van der Waals surface area (Å²) in [5.74, 6) is 0.624. The van der Waals surface area contributed by atoms with Gasteiger partial charge in [-0.15, -0.1) is 0 Å². The smallest absolute Gasteiger partial charge is 0.134 e. The average molecular weight is 272 g/mol. The van der Waals surface area contributed by atoms with E-state index in [4.69, 9.17) is 16.3 Å². The third kappa shape index (κ3) is 4.84. The van der Waals surface area contributed by atoms with E-state index < -0.39 is 0 Å². The normalized spacial score (nSPS) is 12.9. The molecule has 4 heteroatoms. The van der Waals surface area contributed by atoms with Crippen LogP contribution >= 0.6 is 11.6 Å². The summed E-state index contributed by atoms with van der Waals surface area (Å²) in [5.41, 5.74) is 1.06. The number of rotatable bonds is 7. The van der Waals surface area contributed by atoms with Gasteiger partial charge in [-0.1, -0.05) is 31.5 Å². The maximum Gasteiger partial charge on any atom is 0.134 e. The summed E-state index contributed by atoms with van der Waals surface area (Å²) in [7, 11) is 0. The van der Waals surface area contributed by atoms with Gasteiger partial charge in [-0.25, -0.2) is 0 Å². The Kier molecular flexibility index (Phi) is 6.47. The van der Waals surface area contributed by atoms with Gasteiger partial charge in [-0.3, -0.25) is 0 Å². The van der Waals surface area contributed by atoms with Crippen molar-refractivity contribution in [3.63, 3.8) is 0 Å². The van der Waals surface area contributed by atoms with Crippen LogP contribution in [0.25, 0.3) is 0 Å². The first-order valence-electron chi connectivity index (χ1n) is 6.33. The zero-order valence-electron chi connectivity index (χ0n) is 11.2. The number of halogens is 1. The molecule has 0 amide bonds. The molecule has 1 rings (SSSR count). The molecule has 0 heterocycles. The zero-order chi connectivity index (χ0) is 13.5. The maximum absolute atomic E-state index is 9.35. The molecule has 3 nitrogen and oxygen atoms in total. The van der Waals surface area contributed by atoms with Gasteiger partial charge in [0.2, 0.25) is 0 Å². The number of phenolic OH excluding ortho intramolecular Hbond substituents is 1. The van der Waals surface area contributed by atoms with E-state index in [-0.39, 0.29) is 5.75 Å². The highest BCUT2D eigenvalue weighted by Gasteiger charge is 2.12. The monoisotopic (exact) mass is 271 g/mol. The Morgan fingerprint density at radius 2 is 2.11 bits per heavy atom. The van der Waals surface area contributed by atoms with Crippen LogP contribution in [-0.4, -0.2) is 24.4 Å². The van der Waals surface area contributed by atoms with E-state index in [2.05, 4.69) is 19.2 Å². The molecule has 0 fully saturated rings. The van der Waals surface area contributed by atoms with Crippen LogP contribution in [0.3, 0.4) is 0 Å². The first-order chi connectivity index (χ1) is 8.54. The summed E-state index contributed by atoms with van der Waals surface area (Å²) in [5, 5.41) is 13.2. The molecule has 1 aromatic rings. The van der Waals surface area contributed by atoms with Crippen molar-refractivity contribution >= 4 is 11.6 Å². The molecule has 0 aliphatic carbocycles. The standard InChI is InChI=1S/C14H22ClNO2/c1-4-18-9-13(10(2)3)16-8-11-5-6-14(17)12(15)7-11/h5-7,10,13,16-17H,4,8-9H2,1-3H3. The molecule has 0 aromatic heterocycles. The highest BCUT2D eigenvalue weighted by Crippen LogP contribution is 2.23. The Morgan fingerprint density at radius 3 is 2.67 bits per heavy atom. The van der Waals surface area contributed by atoms with Crippen molar-refractivity contribution in [2.24, 2.45) is 5.92 Å². The van der Waals surface area contributed by atoms with Crippen molar-refractivity contribution in [2.45, 2.75) is 33.4 Å². The molecule has 1 aromatic carbocycles. The van der Waals surface area contributed by atoms with Gasteiger partial charge in [0.05, 0.1) is 11.6 Å². The fourth-order valence-corrected chi connectivity index (χ4v) is 1.84. The maximum atomic E-state index is 9.35. The Balaban J connectivity index is 2.52. The van der Waals surface area contributed by atoms with Gasteiger partial charge in [0.1, 0.15) is 5.75 Å². The molecule has 1 atom stereocenters. The molecule has 0 radical (unpaired) electrons. The number of phenols is 1. The third-order valence-electron chi connectivity index (χ3n) is 2.89. The van der Waals surface area contributed by atoms with Crippen molar-refractivity contribution in [1.82, 2.24) is 5.32 Å². The minimum absolute atomic E-state index is 0.121. The minimum Gasteiger partial charge on any atom is -0.506 e. The molecule has 102 valence electrons. The number of hydrogen-bond donors (Lipinski definition) is 2. The largest absolute Gasteiger partial charge is 0.506 e. The summed E-state index contributed by atoms with van der Waals surface area (Å²) in [4.78, 5) is 0. The molecule has 0 aliphatic rings. The lowest BCUT2D eigenvalue weighted by atomic mass is 10.0. The average Bonchev–Trinajstić information content (AvgIpc) is 2.33. The van der Waals surface area contributed by atoms with Crippen LogP contribution < -0.4 is 5.32 Å². The fourth-order valence-electron chi connectivity index (χ4n) is 1.64. The molecule has 0 saturated heterocycles. The molecule has 0 aliphatic heterocycles. The van der Waals surface area contributed by atoms with Crippen molar-refractivity contribution in [1.29, 1.82) is 0 Å². The molecular weight excluding hydrogens is 250 g/mol. The van der Waals surface area contributed by atoms with E-state index in [0.717, 1.165) is 18.7 Å². The number of hydrogen-bond acceptors (Lipinski definition) is 3. The third-order valence-corrected chi connectivity index (χ3v) is 3.19. The van der Waals surface area contributed by atoms with Crippen LogP contribution in [0.1, 0.15) is 26.3 Å². The summed E-state index contributed by atoms with van der Waals surface area (Å²) in [6.45, 7) is 8.49. The fraction of sp³-hybridized carbons (Fsp3) is 0.571. The number of nitrogens with one attached hydrogen (secondary N) is 1. The van der Waals surface area contributed by atoms with E-state index in [0.29, 0.717) is 23.6 Å². The SMILES string of the molecule is CCOCC(NCc1ccc(O)c(Cl)c1)C(C)C.